The zero-order valence-corrected chi connectivity index (χ0v) is 23.2. The lowest BCUT2D eigenvalue weighted by Gasteiger charge is -2.25. The molecule has 2 atom stereocenters. The van der Waals surface area contributed by atoms with Gasteiger partial charge in [0.1, 0.15) is 31.7 Å². The number of aromatic nitrogens is 3. The summed E-state index contributed by atoms with van der Waals surface area (Å²) in [5, 5.41) is 6.60. The van der Waals surface area contributed by atoms with Gasteiger partial charge in [-0.1, -0.05) is 12.1 Å². The van der Waals surface area contributed by atoms with Gasteiger partial charge in [-0.05, 0) is 37.3 Å². The number of cyclic esters (lactones) is 1. The number of fused-ring (bicyclic) bond motifs is 1. The van der Waals surface area contributed by atoms with E-state index in [1.165, 1.54) is 23.1 Å². The van der Waals surface area contributed by atoms with Gasteiger partial charge < -0.3 is 24.8 Å². The Hall–Kier alpha value is -5.33. The van der Waals surface area contributed by atoms with E-state index in [1.807, 2.05) is 0 Å². The summed E-state index contributed by atoms with van der Waals surface area (Å²) in [6, 6.07) is 11.1. The van der Waals surface area contributed by atoms with Crippen LogP contribution < -0.4 is 15.5 Å². The van der Waals surface area contributed by atoms with E-state index in [4.69, 9.17) is 4.74 Å². The van der Waals surface area contributed by atoms with Crippen molar-refractivity contribution >= 4 is 57.3 Å². The fourth-order valence-electron chi connectivity index (χ4n) is 5.51. The zero-order chi connectivity index (χ0) is 30.1. The summed E-state index contributed by atoms with van der Waals surface area (Å²) >= 11 is 0. The van der Waals surface area contributed by atoms with Crippen molar-refractivity contribution in [2.75, 3.05) is 35.2 Å². The number of ketones is 1. The van der Waals surface area contributed by atoms with Gasteiger partial charge in [-0.25, -0.2) is 19.2 Å². The van der Waals surface area contributed by atoms with Gasteiger partial charge in [-0.3, -0.25) is 19.3 Å². The SMILES string of the molecule is CC(=O)c1cn(CC(=O)N2C[C@H](F)C[C@H]2C(=O)Nc2ccccc2N2CCOC2=O)c2ccc(Nc3cncnc3)cc12. The molecule has 2 aromatic carbocycles. The number of Topliss-reactive ketones (excluding diaryl/α,β-unsaturated/α-hetero) is 1. The monoisotopic (exact) mass is 585 g/mol. The summed E-state index contributed by atoms with van der Waals surface area (Å²) in [7, 11) is 0. The van der Waals surface area contributed by atoms with Crippen LogP contribution in [0.4, 0.5) is 31.9 Å². The van der Waals surface area contributed by atoms with E-state index < -0.39 is 30.1 Å². The summed E-state index contributed by atoms with van der Waals surface area (Å²) in [5.41, 5.74) is 3.24. The first-order valence-electron chi connectivity index (χ1n) is 13.7. The van der Waals surface area contributed by atoms with E-state index in [9.17, 15) is 23.6 Å². The number of nitrogens with one attached hydrogen (secondary N) is 2. The lowest BCUT2D eigenvalue weighted by molar-refractivity contribution is -0.137. The molecule has 4 aromatic rings. The van der Waals surface area contributed by atoms with Crippen molar-refractivity contribution in [1.82, 2.24) is 19.4 Å². The molecule has 2 aliphatic rings. The fraction of sp³-hybridized carbons (Fsp3) is 0.267. The van der Waals surface area contributed by atoms with Crippen LogP contribution in [0.5, 0.6) is 0 Å². The number of nitrogens with zero attached hydrogens (tertiary/aromatic N) is 5. The van der Waals surface area contributed by atoms with Gasteiger partial charge in [0.2, 0.25) is 11.8 Å². The molecule has 43 heavy (non-hydrogen) atoms. The molecule has 0 spiro atoms. The lowest BCUT2D eigenvalue weighted by atomic mass is 10.1. The Labute approximate surface area is 245 Å². The first kappa shape index (κ1) is 27.8. The number of carbonyl (C=O) groups excluding carboxylic acids is 4. The average Bonchev–Trinajstić information content (AvgIpc) is 3.70. The Morgan fingerprint density at radius 3 is 2.63 bits per heavy atom. The molecule has 2 fully saturated rings. The quantitative estimate of drug-likeness (QED) is 0.297. The van der Waals surface area contributed by atoms with Gasteiger partial charge in [0, 0.05) is 34.8 Å². The number of likely N-dealkylation sites (tertiary alicyclic amines) is 1. The van der Waals surface area contributed by atoms with Crippen LogP contribution in [-0.2, 0) is 20.9 Å². The summed E-state index contributed by atoms with van der Waals surface area (Å²) in [6.07, 6.45) is 4.19. The van der Waals surface area contributed by atoms with E-state index >= 15 is 0 Å². The highest BCUT2D eigenvalue weighted by Crippen LogP contribution is 2.31. The van der Waals surface area contributed by atoms with Crippen molar-refractivity contribution in [2.45, 2.75) is 32.1 Å². The molecule has 12 nitrogen and oxygen atoms in total. The maximum Gasteiger partial charge on any atom is 0.414 e. The van der Waals surface area contributed by atoms with Gasteiger partial charge in [0.05, 0.1) is 42.5 Å². The number of hydrogen-bond donors (Lipinski definition) is 2. The third kappa shape index (κ3) is 5.61. The Bertz CT molecular complexity index is 1730. The predicted molar refractivity (Wildman–Crippen MR) is 156 cm³/mol. The standard InChI is InChI=1S/C30H28FN7O5/c1-18(39)23-15-36(25-7-6-20(11-22(23)25)34-21-12-32-17-33-13-21)16-28(40)38-14-19(31)10-27(38)29(41)35-24-4-2-3-5-26(24)37-8-9-43-30(37)42/h2-7,11-13,15,17,19,27,34H,8-10,14,16H2,1H3,(H,35,41)/t19-,27+/m1/s1. The third-order valence-corrected chi connectivity index (χ3v) is 7.50. The third-order valence-electron chi connectivity index (χ3n) is 7.50. The number of benzene rings is 2. The molecule has 2 aliphatic heterocycles. The summed E-state index contributed by atoms with van der Waals surface area (Å²) in [4.78, 5) is 62.2. The van der Waals surface area contributed by atoms with E-state index in [1.54, 1.807) is 65.6 Å². The largest absolute Gasteiger partial charge is 0.447 e. The normalized spacial score (nSPS) is 18.1. The van der Waals surface area contributed by atoms with Gasteiger partial charge in [0.25, 0.3) is 0 Å². The van der Waals surface area contributed by atoms with Crippen LogP contribution in [0.2, 0.25) is 0 Å². The molecule has 0 saturated carbocycles. The molecule has 2 N–H and O–H groups in total. The lowest BCUT2D eigenvalue weighted by Crippen LogP contribution is -2.44. The molecule has 0 unspecified atom stereocenters. The van der Waals surface area contributed by atoms with Crippen LogP contribution in [0.15, 0.2) is 67.4 Å². The van der Waals surface area contributed by atoms with Gasteiger partial charge >= 0.3 is 6.09 Å². The minimum absolute atomic E-state index is 0.158. The number of carbonyl (C=O) groups is 4. The minimum atomic E-state index is -1.38. The summed E-state index contributed by atoms with van der Waals surface area (Å²) in [5.74, 6) is -1.21. The maximum absolute atomic E-state index is 14.7. The van der Waals surface area contributed by atoms with Crippen LogP contribution in [0.1, 0.15) is 23.7 Å². The van der Waals surface area contributed by atoms with E-state index in [0.717, 1.165) is 0 Å². The fourth-order valence-corrected chi connectivity index (χ4v) is 5.51. The maximum atomic E-state index is 14.7. The molecule has 0 radical (unpaired) electrons. The molecule has 0 bridgehead atoms. The molecule has 0 aliphatic carbocycles. The molecule has 6 rings (SSSR count). The Balaban J connectivity index is 1.22. The second kappa shape index (κ2) is 11.5. The molecule has 2 aromatic heterocycles. The molecule has 4 heterocycles. The number of para-hydroxylation sites is 2. The number of amides is 3. The first-order valence-corrected chi connectivity index (χ1v) is 13.7. The van der Waals surface area contributed by atoms with Gasteiger partial charge in [0.15, 0.2) is 5.78 Å². The molecule has 13 heteroatoms. The first-order chi connectivity index (χ1) is 20.8. The second-order valence-corrected chi connectivity index (χ2v) is 10.4. The van der Waals surface area contributed by atoms with E-state index in [0.29, 0.717) is 45.8 Å². The van der Waals surface area contributed by atoms with E-state index in [2.05, 4.69) is 20.6 Å². The summed E-state index contributed by atoms with van der Waals surface area (Å²) < 4.78 is 21.3. The summed E-state index contributed by atoms with van der Waals surface area (Å²) in [6.45, 7) is 1.57. The Morgan fingerprint density at radius 2 is 1.88 bits per heavy atom. The van der Waals surface area contributed by atoms with Crippen LogP contribution in [0, 0.1) is 0 Å². The van der Waals surface area contributed by atoms with E-state index in [-0.39, 0.29) is 31.9 Å². The number of hydrogen-bond acceptors (Lipinski definition) is 8. The zero-order valence-electron chi connectivity index (χ0n) is 23.2. The average molecular weight is 586 g/mol. The topological polar surface area (TPSA) is 139 Å². The number of ether oxygens (including phenoxy) is 1. The van der Waals surface area contributed by atoms with Crippen molar-refractivity contribution < 1.29 is 28.3 Å². The number of halogens is 1. The number of rotatable bonds is 8. The van der Waals surface area contributed by atoms with Crippen LogP contribution in [0.3, 0.4) is 0 Å². The highest BCUT2D eigenvalue weighted by atomic mass is 19.1. The predicted octanol–water partition coefficient (Wildman–Crippen LogP) is 3.91. The van der Waals surface area contributed by atoms with Gasteiger partial charge in [-0.15, -0.1) is 0 Å². The molecule has 220 valence electrons. The van der Waals surface area contributed by atoms with Gasteiger partial charge in [-0.2, -0.15) is 0 Å². The van der Waals surface area contributed by atoms with Crippen LogP contribution >= 0.6 is 0 Å². The molecule has 2 saturated heterocycles. The Morgan fingerprint density at radius 1 is 1.09 bits per heavy atom. The van der Waals surface area contributed by atoms with Crippen molar-refractivity contribution in [1.29, 1.82) is 0 Å². The number of alkyl halides is 1. The molecule has 3 amide bonds. The van der Waals surface area contributed by atoms with Crippen molar-refractivity contribution in [2.24, 2.45) is 0 Å². The smallest absolute Gasteiger partial charge is 0.414 e. The van der Waals surface area contributed by atoms with Crippen molar-refractivity contribution in [3.05, 3.63) is 72.9 Å². The van der Waals surface area contributed by atoms with Crippen LogP contribution in [-0.4, -0.2) is 75.0 Å². The second-order valence-electron chi connectivity index (χ2n) is 10.4. The van der Waals surface area contributed by atoms with Crippen molar-refractivity contribution in [3.63, 3.8) is 0 Å². The van der Waals surface area contributed by atoms with Crippen molar-refractivity contribution in [3.8, 4) is 0 Å². The Kier molecular flexibility index (Phi) is 7.45. The highest BCUT2D eigenvalue weighted by molar-refractivity contribution is 6.08. The molecular weight excluding hydrogens is 557 g/mol. The minimum Gasteiger partial charge on any atom is -0.447 e. The highest BCUT2D eigenvalue weighted by Gasteiger charge is 2.40. The number of anilines is 4. The molecular formula is C30H28FN7O5. The van der Waals surface area contributed by atoms with Crippen LogP contribution in [0.25, 0.3) is 10.9 Å².